The molecular weight excluding hydrogens is 296 g/mol. The smallest absolute Gasteiger partial charge is 0.178 e. The number of fused-ring (bicyclic) bond motifs is 4. The van der Waals surface area contributed by atoms with Crippen LogP contribution in [0.1, 0.15) is 60.3 Å². The molecule has 4 aliphatic carbocycles. The van der Waals surface area contributed by atoms with Gasteiger partial charge in [-0.2, -0.15) is 0 Å². The normalized spacial score (nSPS) is 38.6. The van der Waals surface area contributed by atoms with Crippen LogP contribution in [-0.2, 0) is 9.59 Å². The Morgan fingerprint density at radius 2 is 1.71 bits per heavy atom. The number of rotatable bonds is 0. The molecule has 0 aromatic heterocycles. The van der Waals surface area contributed by atoms with Gasteiger partial charge in [-0.05, 0) is 87.3 Å². The van der Waals surface area contributed by atoms with Crippen LogP contribution in [0, 0.1) is 16.7 Å². The molecular formula is C22H26O2. The molecule has 126 valence electrons. The van der Waals surface area contributed by atoms with E-state index in [1.807, 2.05) is 6.08 Å². The topological polar surface area (TPSA) is 34.1 Å². The van der Waals surface area contributed by atoms with E-state index in [4.69, 9.17) is 0 Å². The molecule has 2 heteroatoms. The van der Waals surface area contributed by atoms with Crippen LogP contribution >= 0.6 is 0 Å². The van der Waals surface area contributed by atoms with Gasteiger partial charge in [-0.15, -0.1) is 0 Å². The van der Waals surface area contributed by atoms with Gasteiger partial charge in [-0.1, -0.05) is 18.1 Å². The van der Waals surface area contributed by atoms with Crippen molar-refractivity contribution in [1.82, 2.24) is 0 Å². The number of hydrogen-bond acceptors (Lipinski definition) is 2. The maximum atomic E-state index is 12.6. The lowest BCUT2D eigenvalue weighted by atomic mass is 9.53. The zero-order valence-electron chi connectivity index (χ0n) is 15.4. The largest absolute Gasteiger partial charge is 0.299 e. The number of carbonyl (C=O) groups is 2. The zero-order valence-corrected chi connectivity index (χ0v) is 15.4. The van der Waals surface area contributed by atoms with Crippen molar-refractivity contribution in [3.63, 3.8) is 0 Å². The molecule has 0 aliphatic heterocycles. The second-order valence-electron chi connectivity index (χ2n) is 8.49. The van der Waals surface area contributed by atoms with E-state index in [1.165, 1.54) is 27.9 Å². The molecule has 0 heterocycles. The predicted molar refractivity (Wildman–Crippen MR) is 95.4 cm³/mol. The summed E-state index contributed by atoms with van der Waals surface area (Å²) in [5.41, 5.74) is 7.43. The number of carbonyl (C=O) groups excluding carboxylic acids is 2. The summed E-state index contributed by atoms with van der Waals surface area (Å²) >= 11 is 0. The van der Waals surface area contributed by atoms with Crippen molar-refractivity contribution in [2.75, 3.05) is 0 Å². The van der Waals surface area contributed by atoms with Crippen LogP contribution in [0.3, 0.4) is 0 Å². The maximum Gasteiger partial charge on any atom is 0.178 e. The first-order valence-electron chi connectivity index (χ1n) is 9.11. The van der Waals surface area contributed by atoms with Crippen LogP contribution < -0.4 is 0 Å². The fourth-order valence-electron chi connectivity index (χ4n) is 5.77. The Hall–Kier alpha value is -1.70. The molecule has 4 aliphatic rings. The zero-order chi connectivity index (χ0) is 17.4. The first-order chi connectivity index (χ1) is 11.2. The van der Waals surface area contributed by atoms with E-state index >= 15 is 0 Å². The van der Waals surface area contributed by atoms with Crippen molar-refractivity contribution >= 4 is 11.6 Å². The molecule has 1 saturated carbocycles. The van der Waals surface area contributed by atoms with Gasteiger partial charge < -0.3 is 0 Å². The van der Waals surface area contributed by atoms with Crippen molar-refractivity contribution in [3.05, 3.63) is 45.6 Å². The lowest BCUT2D eigenvalue weighted by Gasteiger charge is -2.50. The highest BCUT2D eigenvalue weighted by molar-refractivity contribution is 6.03. The molecule has 0 amide bonds. The standard InChI is InChI=1S/C22H26O2/c1-12-10-15(23)11-18-13(2)14(3)20-16-6-7-19(24)21(16,4)9-8-17(20)22(12,18)5/h10-11,16H,6-9H2,1-5H3/t16-,21-,22+/m0/s1. The van der Waals surface area contributed by atoms with E-state index in [0.717, 1.165) is 31.3 Å². The minimum absolute atomic E-state index is 0.105. The second kappa shape index (κ2) is 4.68. The first-order valence-corrected chi connectivity index (χ1v) is 9.11. The number of allylic oxidation sites excluding steroid dienone is 8. The third-order valence-electron chi connectivity index (χ3n) is 7.58. The van der Waals surface area contributed by atoms with Gasteiger partial charge in [0, 0.05) is 17.3 Å². The van der Waals surface area contributed by atoms with Crippen LogP contribution in [0.15, 0.2) is 45.6 Å². The summed E-state index contributed by atoms with van der Waals surface area (Å²) in [5, 5.41) is 0. The molecule has 0 N–H and O–H groups in total. The van der Waals surface area contributed by atoms with Gasteiger partial charge in [0.1, 0.15) is 5.78 Å². The summed E-state index contributed by atoms with van der Waals surface area (Å²) < 4.78 is 0. The Balaban J connectivity index is 1.99. The third-order valence-corrected chi connectivity index (χ3v) is 7.58. The predicted octanol–water partition coefficient (Wildman–Crippen LogP) is 4.87. The van der Waals surface area contributed by atoms with Crippen LogP contribution in [0.2, 0.25) is 0 Å². The molecule has 3 atom stereocenters. The number of ketones is 2. The van der Waals surface area contributed by atoms with Crippen molar-refractivity contribution in [3.8, 4) is 0 Å². The van der Waals surface area contributed by atoms with E-state index < -0.39 is 0 Å². The minimum Gasteiger partial charge on any atom is -0.299 e. The SMILES string of the molecule is CC1=CC(=O)C=C2C(C)=C(C)C3=C(CC[C@]4(C)C(=O)CC[C@@H]34)[C@@]12C. The summed E-state index contributed by atoms with van der Waals surface area (Å²) in [6, 6.07) is 0. The number of Topliss-reactive ketones (excluding diaryl/α,β-unsaturated/α-hetero) is 1. The van der Waals surface area contributed by atoms with Gasteiger partial charge in [-0.25, -0.2) is 0 Å². The molecule has 2 nitrogen and oxygen atoms in total. The van der Waals surface area contributed by atoms with Crippen molar-refractivity contribution < 1.29 is 9.59 Å². The molecule has 0 aromatic rings. The minimum atomic E-state index is -0.180. The second-order valence-corrected chi connectivity index (χ2v) is 8.49. The molecule has 24 heavy (non-hydrogen) atoms. The van der Waals surface area contributed by atoms with E-state index in [-0.39, 0.29) is 16.6 Å². The fourth-order valence-corrected chi connectivity index (χ4v) is 5.77. The van der Waals surface area contributed by atoms with Gasteiger partial charge in [-0.3, -0.25) is 9.59 Å². The quantitative estimate of drug-likeness (QED) is 0.637. The van der Waals surface area contributed by atoms with E-state index in [1.54, 1.807) is 6.08 Å². The Labute approximate surface area is 144 Å². The Morgan fingerprint density at radius 3 is 2.42 bits per heavy atom. The summed E-state index contributed by atoms with van der Waals surface area (Å²) in [6.07, 6.45) is 7.25. The van der Waals surface area contributed by atoms with Gasteiger partial charge in [0.15, 0.2) is 5.78 Å². The number of hydrogen-bond donors (Lipinski definition) is 0. The summed E-state index contributed by atoms with van der Waals surface area (Å²) in [4.78, 5) is 24.7. The maximum absolute atomic E-state index is 12.6. The van der Waals surface area contributed by atoms with Gasteiger partial charge in [0.2, 0.25) is 0 Å². The molecule has 0 saturated heterocycles. The highest BCUT2D eigenvalue weighted by atomic mass is 16.1. The molecule has 0 aromatic carbocycles. The first kappa shape index (κ1) is 15.8. The molecule has 0 bridgehead atoms. The van der Waals surface area contributed by atoms with E-state index in [0.29, 0.717) is 11.7 Å². The monoisotopic (exact) mass is 322 g/mol. The van der Waals surface area contributed by atoms with Gasteiger partial charge in [0.25, 0.3) is 0 Å². The molecule has 0 radical (unpaired) electrons. The summed E-state index contributed by atoms with van der Waals surface area (Å²) in [7, 11) is 0. The van der Waals surface area contributed by atoms with E-state index in [2.05, 4.69) is 34.6 Å². The Morgan fingerprint density at radius 1 is 1.00 bits per heavy atom. The molecule has 0 spiro atoms. The van der Waals surface area contributed by atoms with E-state index in [9.17, 15) is 9.59 Å². The van der Waals surface area contributed by atoms with Crippen LogP contribution in [-0.4, -0.2) is 11.6 Å². The fraction of sp³-hybridized carbons (Fsp3) is 0.545. The van der Waals surface area contributed by atoms with Crippen molar-refractivity contribution in [2.45, 2.75) is 60.3 Å². The Bertz CT molecular complexity index is 817. The highest BCUT2D eigenvalue weighted by Gasteiger charge is 2.54. The average molecular weight is 322 g/mol. The summed E-state index contributed by atoms with van der Waals surface area (Å²) in [5.74, 6) is 0.905. The highest BCUT2D eigenvalue weighted by Crippen LogP contribution is 2.62. The lowest BCUT2D eigenvalue weighted by molar-refractivity contribution is -0.126. The van der Waals surface area contributed by atoms with Crippen LogP contribution in [0.5, 0.6) is 0 Å². The molecule has 1 fully saturated rings. The van der Waals surface area contributed by atoms with Crippen LogP contribution in [0.4, 0.5) is 0 Å². The molecule has 4 rings (SSSR count). The van der Waals surface area contributed by atoms with Crippen molar-refractivity contribution in [1.29, 1.82) is 0 Å². The Kier molecular flexibility index (Phi) is 3.08. The molecule has 0 unspecified atom stereocenters. The summed E-state index contributed by atoms with van der Waals surface area (Å²) in [6.45, 7) is 10.9. The van der Waals surface area contributed by atoms with Crippen LogP contribution in [0.25, 0.3) is 0 Å². The lowest BCUT2D eigenvalue weighted by Crippen LogP contribution is -2.41. The van der Waals surface area contributed by atoms with Crippen molar-refractivity contribution in [2.24, 2.45) is 16.7 Å². The third kappa shape index (κ3) is 1.67. The average Bonchev–Trinajstić information content (AvgIpc) is 2.83. The van der Waals surface area contributed by atoms with Gasteiger partial charge in [0.05, 0.1) is 0 Å². The van der Waals surface area contributed by atoms with Gasteiger partial charge >= 0.3 is 0 Å².